The maximum atomic E-state index is 5.84. The van der Waals surface area contributed by atoms with Gasteiger partial charge in [-0.15, -0.1) is 10.2 Å². The minimum atomic E-state index is 0.313. The van der Waals surface area contributed by atoms with Gasteiger partial charge in [-0.25, -0.2) is 9.36 Å². The van der Waals surface area contributed by atoms with Gasteiger partial charge in [0.15, 0.2) is 6.73 Å². The normalized spacial score (nSPS) is 11.3. The van der Waals surface area contributed by atoms with Crippen molar-refractivity contribution in [3.8, 4) is 5.75 Å². The van der Waals surface area contributed by atoms with E-state index in [0.29, 0.717) is 13.3 Å². The maximum absolute atomic E-state index is 5.84. The van der Waals surface area contributed by atoms with Crippen molar-refractivity contribution in [2.45, 2.75) is 13.3 Å². The van der Waals surface area contributed by atoms with Gasteiger partial charge in [0.2, 0.25) is 0 Å². The van der Waals surface area contributed by atoms with Crippen LogP contribution in [0.25, 0.3) is 22.1 Å². The van der Waals surface area contributed by atoms with Crippen LogP contribution in [0.15, 0.2) is 72.8 Å². The second kappa shape index (κ2) is 6.53. The van der Waals surface area contributed by atoms with E-state index in [0.717, 1.165) is 33.4 Å². The fourth-order valence-corrected chi connectivity index (χ4v) is 3.05. The molecule has 3 aromatic carbocycles. The summed E-state index contributed by atoms with van der Waals surface area (Å²) in [6, 6.07) is 23.7. The predicted octanol–water partition coefficient (Wildman–Crippen LogP) is 3.26. The Hall–Kier alpha value is -3.74. The molecule has 0 saturated carbocycles. The molecule has 132 valence electrons. The van der Waals surface area contributed by atoms with E-state index in [1.807, 2.05) is 77.5 Å². The molecule has 2 aromatic heterocycles. The molecule has 0 aliphatic carbocycles. The molecule has 7 heteroatoms. The van der Waals surface area contributed by atoms with E-state index in [1.165, 1.54) is 0 Å². The van der Waals surface area contributed by atoms with Crippen molar-refractivity contribution in [2.24, 2.45) is 0 Å². The standard InChI is InChI=1S/C20H16N6O/c1-3-7-19-17(5-1)21-23-25(19)13-15-9-11-16(12-10-15)27-14-26-20-8-4-2-6-18(20)22-24-26/h1-12H,13-14H2. The average Bonchev–Trinajstić information content (AvgIpc) is 3.32. The fourth-order valence-electron chi connectivity index (χ4n) is 3.05. The molecule has 0 unspecified atom stereocenters. The van der Waals surface area contributed by atoms with E-state index >= 15 is 0 Å². The summed E-state index contributed by atoms with van der Waals surface area (Å²) in [7, 11) is 0. The van der Waals surface area contributed by atoms with Crippen molar-refractivity contribution in [1.29, 1.82) is 0 Å². The van der Waals surface area contributed by atoms with Gasteiger partial charge in [-0.05, 0) is 42.0 Å². The number of hydrogen-bond acceptors (Lipinski definition) is 5. The van der Waals surface area contributed by atoms with Crippen LogP contribution in [0.5, 0.6) is 5.75 Å². The number of fused-ring (bicyclic) bond motifs is 2. The SMILES string of the molecule is c1ccc2c(c1)nnn2COc1ccc(Cn2nnc3ccccc32)cc1. The fraction of sp³-hybridized carbons (Fsp3) is 0.100. The van der Waals surface area contributed by atoms with Gasteiger partial charge in [0, 0.05) is 0 Å². The van der Waals surface area contributed by atoms with Crippen molar-refractivity contribution in [1.82, 2.24) is 30.0 Å². The van der Waals surface area contributed by atoms with Crippen molar-refractivity contribution < 1.29 is 4.74 Å². The second-order valence-corrected chi connectivity index (χ2v) is 6.23. The quantitative estimate of drug-likeness (QED) is 0.483. The van der Waals surface area contributed by atoms with E-state index in [9.17, 15) is 0 Å². The lowest BCUT2D eigenvalue weighted by molar-refractivity contribution is 0.223. The number of nitrogens with zero attached hydrogens (tertiary/aromatic N) is 6. The highest BCUT2D eigenvalue weighted by atomic mass is 16.5. The van der Waals surface area contributed by atoms with Crippen LogP contribution in [0.2, 0.25) is 0 Å². The lowest BCUT2D eigenvalue weighted by atomic mass is 10.2. The average molecular weight is 356 g/mol. The molecule has 5 aromatic rings. The number of hydrogen-bond donors (Lipinski definition) is 0. The Balaban J connectivity index is 1.29. The molecule has 7 nitrogen and oxygen atoms in total. The summed E-state index contributed by atoms with van der Waals surface area (Å²) >= 11 is 0. The smallest absolute Gasteiger partial charge is 0.183 e. The summed E-state index contributed by atoms with van der Waals surface area (Å²) in [5.41, 5.74) is 4.86. The van der Waals surface area contributed by atoms with Gasteiger partial charge < -0.3 is 4.74 Å². The Labute approximate surface area is 154 Å². The number of ether oxygens (including phenoxy) is 1. The van der Waals surface area contributed by atoms with Crippen LogP contribution in [0.3, 0.4) is 0 Å². The molecule has 5 rings (SSSR count). The van der Waals surface area contributed by atoms with E-state index in [2.05, 4.69) is 20.6 Å². The molecule has 0 saturated heterocycles. The molecule has 0 N–H and O–H groups in total. The predicted molar refractivity (Wildman–Crippen MR) is 101 cm³/mol. The molecule has 0 aliphatic rings. The van der Waals surface area contributed by atoms with Gasteiger partial charge in [-0.1, -0.05) is 46.8 Å². The Kier molecular flexibility index (Phi) is 3.75. The molecular weight excluding hydrogens is 340 g/mol. The highest BCUT2D eigenvalue weighted by Gasteiger charge is 2.06. The summed E-state index contributed by atoms with van der Waals surface area (Å²) in [4.78, 5) is 0. The Morgan fingerprint density at radius 1 is 0.667 bits per heavy atom. The third-order valence-corrected chi connectivity index (χ3v) is 4.45. The van der Waals surface area contributed by atoms with Crippen molar-refractivity contribution in [3.05, 3.63) is 78.4 Å². The van der Waals surface area contributed by atoms with Gasteiger partial charge in [-0.2, -0.15) is 0 Å². The van der Waals surface area contributed by atoms with Crippen LogP contribution >= 0.6 is 0 Å². The number of para-hydroxylation sites is 2. The third-order valence-electron chi connectivity index (χ3n) is 4.45. The van der Waals surface area contributed by atoms with Crippen molar-refractivity contribution >= 4 is 22.1 Å². The minimum absolute atomic E-state index is 0.313. The summed E-state index contributed by atoms with van der Waals surface area (Å²) < 4.78 is 9.48. The highest BCUT2D eigenvalue weighted by molar-refractivity contribution is 5.74. The first kappa shape index (κ1) is 15.5. The molecule has 2 heterocycles. The number of aromatic nitrogens is 6. The summed E-state index contributed by atoms with van der Waals surface area (Å²) in [6.07, 6.45) is 0. The van der Waals surface area contributed by atoms with Crippen LogP contribution < -0.4 is 4.74 Å². The Bertz CT molecular complexity index is 1210. The maximum Gasteiger partial charge on any atom is 0.183 e. The summed E-state index contributed by atoms with van der Waals surface area (Å²) in [6.45, 7) is 0.974. The Morgan fingerprint density at radius 3 is 1.96 bits per heavy atom. The zero-order valence-corrected chi connectivity index (χ0v) is 14.4. The van der Waals surface area contributed by atoms with Gasteiger partial charge in [0.05, 0.1) is 17.6 Å². The first-order valence-corrected chi connectivity index (χ1v) is 8.65. The monoisotopic (exact) mass is 356 g/mol. The van der Waals surface area contributed by atoms with E-state index in [4.69, 9.17) is 4.74 Å². The molecule has 0 aliphatic heterocycles. The van der Waals surface area contributed by atoms with Gasteiger partial charge >= 0.3 is 0 Å². The van der Waals surface area contributed by atoms with E-state index in [1.54, 1.807) is 4.68 Å². The largest absolute Gasteiger partial charge is 0.471 e. The van der Waals surface area contributed by atoms with E-state index in [-0.39, 0.29) is 0 Å². The number of rotatable bonds is 5. The molecular formula is C20H16N6O. The molecule has 0 fully saturated rings. The molecule has 0 spiro atoms. The van der Waals surface area contributed by atoms with Crippen LogP contribution in [0.4, 0.5) is 0 Å². The van der Waals surface area contributed by atoms with Crippen LogP contribution in [0.1, 0.15) is 5.56 Å². The summed E-state index contributed by atoms with van der Waals surface area (Å²) in [5, 5.41) is 16.7. The second-order valence-electron chi connectivity index (χ2n) is 6.23. The lowest BCUT2D eigenvalue weighted by Gasteiger charge is -2.08. The molecule has 0 amide bonds. The van der Waals surface area contributed by atoms with Gasteiger partial charge in [-0.3, -0.25) is 0 Å². The number of benzene rings is 3. The minimum Gasteiger partial charge on any atom is -0.471 e. The van der Waals surface area contributed by atoms with Gasteiger partial charge in [0.25, 0.3) is 0 Å². The van der Waals surface area contributed by atoms with Gasteiger partial charge in [0.1, 0.15) is 16.8 Å². The first-order chi connectivity index (χ1) is 13.4. The zero-order chi connectivity index (χ0) is 18.1. The highest BCUT2D eigenvalue weighted by Crippen LogP contribution is 2.17. The first-order valence-electron chi connectivity index (χ1n) is 8.65. The molecule has 27 heavy (non-hydrogen) atoms. The third kappa shape index (κ3) is 2.99. The zero-order valence-electron chi connectivity index (χ0n) is 14.4. The van der Waals surface area contributed by atoms with Crippen LogP contribution in [-0.2, 0) is 13.3 Å². The summed E-state index contributed by atoms with van der Waals surface area (Å²) in [5.74, 6) is 0.779. The topological polar surface area (TPSA) is 70.7 Å². The van der Waals surface area contributed by atoms with E-state index < -0.39 is 0 Å². The van der Waals surface area contributed by atoms with Crippen LogP contribution in [0, 0.1) is 0 Å². The van der Waals surface area contributed by atoms with Crippen molar-refractivity contribution in [2.75, 3.05) is 0 Å². The molecule has 0 bridgehead atoms. The van der Waals surface area contributed by atoms with Crippen molar-refractivity contribution in [3.63, 3.8) is 0 Å². The lowest BCUT2D eigenvalue weighted by Crippen LogP contribution is -2.07. The molecule has 0 radical (unpaired) electrons. The Morgan fingerprint density at radius 2 is 1.26 bits per heavy atom. The molecule has 0 atom stereocenters. The van der Waals surface area contributed by atoms with Crippen LogP contribution in [-0.4, -0.2) is 30.0 Å².